The highest BCUT2D eigenvalue weighted by Gasteiger charge is 2.14. The van der Waals surface area contributed by atoms with E-state index < -0.39 is 0 Å². The Balaban J connectivity index is 1.78. The second kappa shape index (κ2) is 8.72. The first kappa shape index (κ1) is 20.3. The number of nitrogens with zero attached hydrogens (tertiary/aromatic N) is 1. The van der Waals surface area contributed by atoms with Gasteiger partial charge in [-0.15, -0.1) is 0 Å². The molecule has 4 nitrogen and oxygen atoms in total. The summed E-state index contributed by atoms with van der Waals surface area (Å²) in [6.45, 7) is 7.71. The number of likely N-dealkylation sites (N-methyl/N-ethyl adjacent to an activating group) is 1. The maximum Gasteiger partial charge on any atom is 0.336 e. The molecule has 1 N–H and O–H groups in total. The molecular weight excluding hydrogens is 348 g/mol. The summed E-state index contributed by atoms with van der Waals surface area (Å²) in [4.78, 5) is 14.2. The molecule has 1 atom stereocenters. The number of rotatable bonds is 7. The molecule has 0 fully saturated rings. The summed E-state index contributed by atoms with van der Waals surface area (Å²) in [6, 6.07) is 14.8. The zero-order valence-electron chi connectivity index (χ0n) is 17.5. The molecule has 0 saturated heterocycles. The fraction of sp³-hybridized carbons (Fsp3) is 0.375. The van der Waals surface area contributed by atoms with Crippen molar-refractivity contribution in [2.75, 3.05) is 20.6 Å². The topological polar surface area (TPSA) is 45.5 Å². The zero-order chi connectivity index (χ0) is 20.3. The molecule has 3 aromatic rings. The van der Waals surface area contributed by atoms with E-state index in [1.807, 2.05) is 13.0 Å². The molecule has 0 bridgehead atoms. The van der Waals surface area contributed by atoms with Gasteiger partial charge in [-0.25, -0.2) is 4.79 Å². The van der Waals surface area contributed by atoms with Gasteiger partial charge in [0.05, 0.1) is 0 Å². The molecule has 4 heteroatoms. The predicted octanol–water partition coefficient (Wildman–Crippen LogP) is 4.36. The van der Waals surface area contributed by atoms with Crippen molar-refractivity contribution in [3.8, 4) is 0 Å². The van der Waals surface area contributed by atoms with Gasteiger partial charge in [0, 0.05) is 30.6 Å². The molecule has 0 radical (unpaired) electrons. The van der Waals surface area contributed by atoms with Gasteiger partial charge in [-0.05, 0) is 74.3 Å². The first-order chi connectivity index (χ1) is 13.4. The number of benzene rings is 2. The molecule has 0 aliphatic rings. The fourth-order valence-electron chi connectivity index (χ4n) is 3.55. The molecule has 0 aliphatic heterocycles. The van der Waals surface area contributed by atoms with Crippen LogP contribution in [-0.2, 0) is 13.0 Å². The molecular formula is C24H30N2O2. The van der Waals surface area contributed by atoms with Gasteiger partial charge in [-0.3, -0.25) is 0 Å². The van der Waals surface area contributed by atoms with E-state index in [0.717, 1.165) is 29.5 Å². The Morgan fingerprint density at radius 3 is 2.36 bits per heavy atom. The highest BCUT2D eigenvalue weighted by molar-refractivity contribution is 5.81. The van der Waals surface area contributed by atoms with E-state index in [1.54, 1.807) is 6.07 Å². The minimum absolute atomic E-state index is 0.265. The smallest absolute Gasteiger partial charge is 0.336 e. The molecule has 0 unspecified atom stereocenters. The van der Waals surface area contributed by atoms with Crippen LogP contribution >= 0.6 is 0 Å². The zero-order valence-corrected chi connectivity index (χ0v) is 17.5. The van der Waals surface area contributed by atoms with Crippen LogP contribution in [0.25, 0.3) is 11.0 Å². The van der Waals surface area contributed by atoms with Crippen LogP contribution in [0.1, 0.15) is 40.8 Å². The third-order valence-electron chi connectivity index (χ3n) is 5.49. The molecule has 0 amide bonds. The highest BCUT2D eigenvalue weighted by Crippen LogP contribution is 2.22. The largest absolute Gasteiger partial charge is 0.423 e. The Labute approximate surface area is 167 Å². The Hall–Kier alpha value is -2.43. The molecule has 1 aromatic heterocycles. The Morgan fingerprint density at radius 2 is 1.71 bits per heavy atom. The van der Waals surface area contributed by atoms with Gasteiger partial charge in [-0.1, -0.05) is 31.2 Å². The molecule has 0 saturated carbocycles. The van der Waals surface area contributed by atoms with Crippen molar-refractivity contribution in [1.29, 1.82) is 0 Å². The van der Waals surface area contributed by atoms with Crippen LogP contribution in [0.4, 0.5) is 0 Å². The summed E-state index contributed by atoms with van der Waals surface area (Å²) in [6.07, 6.45) is 1.05. The second-order valence-electron chi connectivity index (χ2n) is 7.73. The van der Waals surface area contributed by atoms with Crippen molar-refractivity contribution in [3.05, 3.63) is 80.7 Å². The van der Waals surface area contributed by atoms with E-state index in [1.165, 1.54) is 16.7 Å². The van der Waals surface area contributed by atoms with Crippen LogP contribution in [0.2, 0.25) is 0 Å². The van der Waals surface area contributed by atoms with Gasteiger partial charge in [0.1, 0.15) is 5.58 Å². The standard InChI is InChI=1S/C24H30N2O2/c1-6-18-7-9-19(10-8-18)22(26(4)5)15-25-14-20-13-24(27)28-23-12-17(3)16(2)11-21(20)23/h7-13,22,25H,6,14-15H2,1-5H3/t22-/m0/s1. The molecule has 1 heterocycles. The van der Waals surface area contributed by atoms with Gasteiger partial charge >= 0.3 is 5.63 Å². The summed E-state index contributed by atoms with van der Waals surface area (Å²) < 4.78 is 5.40. The fourth-order valence-corrected chi connectivity index (χ4v) is 3.55. The van der Waals surface area contributed by atoms with E-state index in [4.69, 9.17) is 4.42 Å². The van der Waals surface area contributed by atoms with E-state index in [9.17, 15) is 4.79 Å². The van der Waals surface area contributed by atoms with E-state index in [-0.39, 0.29) is 11.7 Å². The summed E-state index contributed by atoms with van der Waals surface area (Å²) >= 11 is 0. The number of hydrogen-bond donors (Lipinski definition) is 1. The van der Waals surface area contributed by atoms with E-state index in [2.05, 4.69) is 68.5 Å². The SMILES string of the molecule is CCc1ccc([C@H](CNCc2cc(=O)oc3cc(C)c(C)cc23)N(C)C)cc1. The lowest BCUT2D eigenvalue weighted by atomic mass is 10.0. The van der Waals surface area contributed by atoms with Gasteiger partial charge in [0.15, 0.2) is 0 Å². The van der Waals surface area contributed by atoms with Crippen LogP contribution in [0.5, 0.6) is 0 Å². The maximum atomic E-state index is 12.0. The van der Waals surface area contributed by atoms with E-state index >= 15 is 0 Å². The van der Waals surface area contributed by atoms with Crippen molar-refractivity contribution in [1.82, 2.24) is 10.2 Å². The van der Waals surface area contributed by atoms with Crippen LogP contribution in [0.3, 0.4) is 0 Å². The summed E-state index contributed by atoms with van der Waals surface area (Å²) in [7, 11) is 4.19. The average molecular weight is 379 g/mol. The Kier molecular flexibility index (Phi) is 6.32. The van der Waals surface area contributed by atoms with Crippen LogP contribution in [-0.4, -0.2) is 25.5 Å². The maximum absolute atomic E-state index is 12.0. The average Bonchev–Trinajstić information content (AvgIpc) is 2.66. The minimum atomic E-state index is -0.299. The molecule has 0 aliphatic carbocycles. The number of aryl methyl sites for hydroxylation is 3. The second-order valence-corrected chi connectivity index (χ2v) is 7.73. The van der Waals surface area contributed by atoms with E-state index in [0.29, 0.717) is 12.1 Å². The number of fused-ring (bicyclic) bond motifs is 1. The molecule has 148 valence electrons. The van der Waals surface area contributed by atoms with Crippen LogP contribution < -0.4 is 10.9 Å². The molecule has 2 aromatic carbocycles. The van der Waals surface area contributed by atoms with Crippen molar-refractivity contribution < 1.29 is 4.42 Å². The Morgan fingerprint density at radius 1 is 1.04 bits per heavy atom. The predicted molar refractivity (Wildman–Crippen MR) is 116 cm³/mol. The normalized spacial score (nSPS) is 12.6. The van der Waals surface area contributed by atoms with Crippen molar-refractivity contribution in [2.24, 2.45) is 0 Å². The van der Waals surface area contributed by atoms with Gasteiger partial charge in [-0.2, -0.15) is 0 Å². The van der Waals surface area contributed by atoms with Gasteiger partial charge < -0.3 is 14.6 Å². The monoisotopic (exact) mass is 378 g/mol. The molecule has 28 heavy (non-hydrogen) atoms. The third-order valence-corrected chi connectivity index (χ3v) is 5.49. The minimum Gasteiger partial charge on any atom is -0.423 e. The third kappa shape index (κ3) is 4.51. The summed E-state index contributed by atoms with van der Waals surface area (Å²) in [5, 5.41) is 4.55. The lowest BCUT2D eigenvalue weighted by Crippen LogP contribution is -2.31. The summed E-state index contributed by atoms with van der Waals surface area (Å²) in [5.41, 5.74) is 6.31. The first-order valence-electron chi connectivity index (χ1n) is 9.89. The molecule has 0 spiro atoms. The van der Waals surface area contributed by atoms with Crippen molar-refractivity contribution in [3.63, 3.8) is 0 Å². The van der Waals surface area contributed by atoms with Crippen LogP contribution in [0.15, 0.2) is 51.7 Å². The quantitative estimate of drug-likeness (QED) is 0.620. The summed E-state index contributed by atoms with van der Waals surface area (Å²) in [5.74, 6) is 0. The number of nitrogens with one attached hydrogen (secondary N) is 1. The van der Waals surface area contributed by atoms with Crippen molar-refractivity contribution >= 4 is 11.0 Å². The lowest BCUT2D eigenvalue weighted by Gasteiger charge is -2.25. The van der Waals surface area contributed by atoms with Gasteiger partial charge in [0.2, 0.25) is 0 Å². The first-order valence-corrected chi connectivity index (χ1v) is 9.89. The number of hydrogen-bond acceptors (Lipinski definition) is 4. The Bertz CT molecular complexity index is 1000. The highest BCUT2D eigenvalue weighted by atomic mass is 16.4. The molecule has 3 rings (SSSR count). The van der Waals surface area contributed by atoms with Crippen molar-refractivity contribution in [2.45, 2.75) is 39.8 Å². The van der Waals surface area contributed by atoms with Crippen LogP contribution in [0, 0.1) is 13.8 Å². The lowest BCUT2D eigenvalue weighted by molar-refractivity contribution is 0.288. The van der Waals surface area contributed by atoms with Gasteiger partial charge in [0.25, 0.3) is 0 Å².